The molecule has 0 spiro atoms. The van der Waals surface area contributed by atoms with Crippen LogP contribution in [0.15, 0.2) is 12.2 Å². The fraction of sp³-hybridized carbons (Fsp3) is 0.625. The van der Waals surface area contributed by atoms with E-state index in [1.165, 1.54) is 5.57 Å². The maximum Gasteiger partial charge on any atom is 0.00896 e. The van der Waals surface area contributed by atoms with E-state index in [0.29, 0.717) is 0 Å². The molecule has 0 bridgehead atoms. The van der Waals surface area contributed by atoms with Crippen molar-refractivity contribution in [1.29, 1.82) is 5.41 Å². The van der Waals surface area contributed by atoms with Crippen LogP contribution in [0.1, 0.15) is 33.1 Å². The molecule has 0 rings (SSSR count). The minimum atomic E-state index is 0.831. The highest BCUT2D eigenvalue weighted by Gasteiger charge is 1.91. The molecule has 0 aliphatic carbocycles. The summed E-state index contributed by atoms with van der Waals surface area (Å²) >= 11 is 0. The van der Waals surface area contributed by atoms with Gasteiger partial charge in [-0.25, -0.2) is 0 Å². The molecule has 0 aromatic rings. The summed E-state index contributed by atoms with van der Waals surface area (Å²) < 4.78 is 0. The Morgan fingerprint density at radius 3 is 2.33 bits per heavy atom. The van der Waals surface area contributed by atoms with Gasteiger partial charge in [0.15, 0.2) is 0 Å². The molecule has 0 amide bonds. The van der Waals surface area contributed by atoms with Crippen molar-refractivity contribution in [3.05, 3.63) is 12.2 Å². The molecule has 0 radical (unpaired) electrons. The number of rotatable bonds is 4. The molecule has 1 nitrogen and oxygen atoms in total. The molecular formula is C8H15N. The molecule has 0 aromatic carbocycles. The molecule has 0 saturated carbocycles. The summed E-state index contributed by atoms with van der Waals surface area (Å²) in [5.41, 5.74) is 2.01. The molecular weight excluding hydrogens is 110 g/mol. The highest BCUT2D eigenvalue weighted by atomic mass is 14.4. The van der Waals surface area contributed by atoms with E-state index in [1.54, 1.807) is 0 Å². The van der Waals surface area contributed by atoms with Crippen LogP contribution in [0.2, 0.25) is 0 Å². The van der Waals surface area contributed by atoms with Crippen molar-refractivity contribution in [3.63, 3.8) is 0 Å². The van der Waals surface area contributed by atoms with Crippen molar-refractivity contribution in [2.24, 2.45) is 0 Å². The zero-order valence-electron chi connectivity index (χ0n) is 6.33. The van der Waals surface area contributed by atoms with Crippen molar-refractivity contribution in [2.45, 2.75) is 33.1 Å². The lowest BCUT2D eigenvalue weighted by Crippen LogP contribution is -1.92. The monoisotopic (exact) mass is 125 g/mol. The van der Waals surface area contributed by atoms with E-state index in [2.05, 4.69) is 6.58 Å². The Balaban J connectivity index is 3.28. The predicted molar refractivity (Wildman–Crippen MR) is 42.1 cm³/mol. The smallest absolute Gasteiger partial charge is 0.00896 e. The number of hydrogen-bond acceptors (Lipinski definition) is 1. The van der Waals surface area contributed by atoms with Crippen molar-refractivity contribution in [2.75, 3.05) is 0 Å². The Hall–Kier alpha value is -0.590. The number of nitrogens with one attached hydrogen (secondary N) is 1. The maximum absolute atomic E-state index is 7.29. The van der Waals surface area contributed by atoms with Crippen molar-refractivity contribution in [3.8, 4) is 0 Å². The van der Waals surface area contributed by atoms with E-state index in [0.717, 1.165) is 25.0 Å². The van der Waals surface area contributed by atoms with E-state index in [1.807, 2.05) is 13.8 Å². The van der Waals surface area contributed by atoms with E-state index in [-0.39, 0.29) is 0 Å². The first-order chi connectivity index (χ1) is 4.16. The second-order valence-electron chi connectivity index (χ2n) is 2.41. The Kier molecular flexibility index (Phi) is 4.02. The van der Waals surface area contributed by atoms with E-state index in [9.17, 15) is 0 Å². The van der Waals surface area contributed by atoms with Crippen molar-refractivity contribution < 1.29 is 0 Å². The van der Waals surface area contributed by atoms with Gasteiger partial charge in [0, 0.05) is 5.71 Å². The van der Waals surface area contributed by atoms with Crippen LogP contribution in [-0.4, -0.2) is 5.71 Å². The Bertz CT molecular complexity index is 114. The Morgan fingerprint density at radius 2 is 2.00 bits per heavy atom. The molecule has 9 heavy (non-hydrogen) atoms. The third-order valence-electron chi connectivity index (χ3n) is 1.28. The molecule has 0 atom stereocenters. The van der Waals surface area contributed by atoms with Gasteiger partial charge >= 0.3 is 0 Å². The van der Waals surface area contributed by atoms with Crippen molar-refractivity contribution in [1.82, 2.24) is 0 Å². The summed E-state index contributed by atoms with van der Waals surface area (Å²) in [6, 6.07) is 0. The average Bonchev–Trinajstić information content (AvgIpc) is 1.83. The third kappa shape index (κ3) is 5.28. The van der Waals surface area contributed by atoms with Gasteiger partial charge < -0.3 is 5.41 Å². The first kappa shape index (κ1) is 8.41. The van der Waals surface area contributed by atoms with Gasteiger partial charge in [0.25, 0.3) is 0 Å². The Morgan fingerprint density at radius 1 is 1.44 bits per heavy atom. The van der Waals surface area contributed by atoms with Crippen LogP contribution >= 0.6 is 0 Å². The lowest BCUT2D eigenvalue weighted by molar-refractivity contribution is 0.980. The molecule has 0 heterocycles. The number of allylic oxidation sites excluding steroid dienone is 1. The van der Waals surface area contributed by atoms with Crippen LogP contribution in [-0.2, 0) is 0 Å². The second-order valence-corrected chi connectivity index (χ2v) is 2.41. The van der Waals surface area contributed by atoms with Gasteiger partial charge in [0.1, 0.15) is 0 Å². The van der Waals surface area contributed by atoms with Crippen LogP contribution < -0.4 is 0 Å². The summed E-state index contributed by atoms with van der Waals surface area (Å²) in [6.07, 6.45) is 2.76. The van der Waals surface area contributed by atoms with Crippen LogP contribution in [0.4, 0.5) is 0 Å². The fourth-order valence-corrected chi connectivity index (χ4v) is 0.541. The SMILES string of the molecule is C=C(C)CCC(=N)CC. The van der Waals surface area contributed by atoms with Gasteiger partial charge in [0.05, 0.1) is 0 Å². The zero-order valence-corrected chi connectivity index (χ0v) is 6.33. The molecule has 52 valence electrons. The highest BCUT2D eigenvalue weighted by Crippen LogP contribution is 2.02. The topological polar surface area (TPSA) is 23.9 Å². The van der Waals surface area contributed by atoms with Gasteiger partial charge in [-0.3, -0.25) is 0 Å². The van der Waals surface area contributed by atoms with E-state index < -0.39 is 0 Å². The zero-order chi connectivity index (χ0) is 7.28. The lowest BCUT2D eigenvalue weighted by Gasteiger charge is -1.98. The van der Waals surface area contributed by atoms with E-state index in [4.69, 9.17) is 5.41 Å². The molecule has 0 aromatic heterocycles. The summed E-state index contributed by atoms with van der Waals surface area (Å²) in [7, 11) is 0. The quantitative estimate of drug-likeness (QED) is 0.441. The standard InChI is InChI=1S/C8H15N/c1-4-8(9)6-5-7(2)3/h9H,2,4-6H2,1,3H3. The normalized spacial score (nSPS) is 9.11. The second kappa shape index (κ2) is 4.30. The third-order valence-corrected chi connectivity index (χ3v) is 1.28. The molecule has 1 N–H and O–H groups in total. The molecule has 0 saturated heterocycles. The summed E-state index contributed by atoms with van der Waals surface area (Å²) in [6.45, 7) is 7.78. The van der Waals surface area contributed by atoms with Gasteiger partial charge in [-0.05, 0) is 26.2 Å². The van der Waals surface area contributed by atoms with Gasteiger partial charge in [-0.2, -0.15) is 0 Å². The van der Waals surface area contributed by atoms with Crippen LogP contribution in [0.5, 0.6) is 0 Å². The summed E-state index contributed by atoms with van der Waals surface area (Å²) in [5.74, 6) is 0. The summed E-state index contributed by atoms with van der Waals surface area (Å²) in [5, 5.41) is 7.29. The lowest BCUT2D eigenvalue weighted by atomic mass is 10.1. The largest absolute Gasteiger partial charge is 0.310 e. The van der Waals surface area contributed by atoms with Crippen LogP contribution in [0.3, 0.4) is 0 Å². The first-order valence-electron chi connectivity index (χ1n) is 3.37. The first-order valence-corrected chi connectivity index (χ1v) is 3.37. The summed E-state index contributed by atoms with van der Waals surface area (Å²) in [4.78, 5) is 0. The molecule has 0 unspecified atom stereocenters. The molecule has 0 fully saturated rings. The fourth-order valence-electron chi connectivity index (χ4n) is 0.541. The molecule has 0 aliphatic rings. The average molecular weight is 125 g/mol. The molecule has 1 heteroatoms. The Labute approximate surface area is 57.3 Å². The molecule has 0 aliphatic heterocycles. The van der Waals surface area contributed by atoms with E-state index >= 15 is 0 Å². The predicted octanol–water partition coefficient (Wildman–Crippen LogP) is 2.77. The van der Waals surface area contributed by atoms with Crippen molar-refractivity contribution >= 4 is 5.71 Å². The minimum Gasteiger partial charge on any atom is -0.310 e. The number of hydrogen-bond donors (Lipinski definition) is 1. The minimum absolute atomic E-state index is 0.831. The van der Waals surface area contributed by atoms with Gasteiger partial charge in [-0.15, -0.1) is 6.58 Å². The highest BCUT2D eigenvalue weighted by molar-refractivity contribution is 5.81. The van der Waals surface area contributed by atoms with Gasteiger partial charge in [-0.1, -0.05) is 12.5 Å². The maximum atomic E-state index is 7.29. The van der Waals surface area contributed by atoms with Crippen LogP contribution in [0, 0.1) is 5.41 Å². The van der Waals surface area contributed by atoms with Gasteiger partial charge in [0.2, 0.25) is 0 Å². The van der Waals surface area contributed by atoms with Crippen LogP contribution in [0.25, 0.3) is 0 Å².